The summed E-state index contributed by atoms with van der Waals surface area (Å²) >= 11 is 0. The quantitative estimate of drug-likeness (QED) is 0.727. The van der Waals surface area contributed by atoms with Crippen LogP contribution in [0.5, 0.6) is 0 Å². The van der Waals surface area contributed by atoms with E-state index in [4.69, 9.17) is 0 Å². The van der Waals surface area contributed by atoms with Crippen molar-refractivity contribution in [2.24, 2.45) is 0 Å². The van der Waals surface area contributed by atoms with Gasteiger partial charge in [-0.15, -0.1) is 0 Å². The zero-order valence-corrected chi connectivity index (χ0v) is 15.7. The Morgan fingerprint density at radius 1 is 1.25 bits per heavy atom. The second-order valence-electron chi connectivity index (χ2n) is 6.57. The van der Waals surface area contributed by atoms with Crippen LogP contribution in [0.3, 0.4) is 0 Å². The first kappa shape index (κ1) is 17.8. The zero-order valence-electron chi connectivity index (χ0n) is 15.7. The Balaban J connectivity index is 1.70. The van der Waals surface area contributed by atoms with Gasteiger partial charge in [0.1, 0.15) is 11.4 Å². The number of carbonyl (C=O) groups excluding carboxylic acids is 2. The molecule has 1 aromatic carbocycles. The highest BCUT2D eigenvalue weighted by Crippen LogP contribution is 2.26. The first-order valence-corrected chi connectivity index (χ1v) is 9.15. The van der Waals surface area contributed by atoms with Crippen LogP contribution < -0.4 is 10.6 Å². The van der Waals surface area contributed by atoms with Crippen molar-refractivity contribution in [2.75, 3.05) is 11.9 Å². The summed E-state index contributed by atoms with van der Waals surface area (Å²) < 4.78 is 1.70. The first-order chi connectivity index (χ1) is 13.5. The van der Waals surface area contributed by atoms with Crippen LogP contribution >= 0.6 is 0 Å². The molecule has 28 heavy (non-hydrogen) atoms. The molecule has 3 aromatic rings. The van der Waals surface area contributed by atoms with Crippen LogP contribution in [0.4, 0.5) is 5.69 Å². The SMILES string of the molecule is CCc1cc(-c2nccc(-c3cc4n(n3)CCNC4=O)n2)ccc1NC(C)=O. The molecule has 0 radical (unpaired) electrons. The van der Waals surface area contributed by atoms with Crippen molar-refractivity contribution in [3.63, 3.8) is 0 Å². The lowest BCUT2D eigenvalue weighted by Crippen LogP contribution is -2.35. The second kappa shape index (κ2) is 7.22. The fourth-order valence-electron chi connectivity index (χ4n) is 3.24. The van der Waals surface area contributed by atoms with E-state index in [1.807, 2.05) is 25.1 Å². The summed E-state index contributed by atoms with van der Waals surface area (Å²) in [5.74, 6) is 0.339. The number of nitrogens with one attached hydrogen (secondary N) is 2. The molecule has 0 bridgehead atoms. The van der Waals surface area contributed by atoms with Gasteiger partial charge in [0, 0.05) is 30.9 Å². The van der Waals surface area contributed by atoms with E-state index in [0.29, 0.717) is 36.0 Å². The number of aryl methyl sites for hydroxylation is 1. The van der Waals surface area contributed by atoms with Crippen molar-refractivity contribution < 1.29 is 9.59 Å². The van der Waals surface area contributed by atoms with Crippen molar-refractivity contribution in [3.8, 4) is 22.8 Å². The van der Waals surface area contributed by atoms with Crippen molar-refractivity contribution in [2.45, 2.75) is 26.8 Å². The van der Waals surface area contributed by atoms with Crippen LogP contribution in [0.25, 0.3) is 22.8 Å². The molecule has 2 N–H and O–H groups in total. The molecule has 4 rings (SSSR count). The van der Waals surface area contributed by atoms with Crippen LogP contribution in [0, 0.1) is 0 Å². The first-order valence-electron chi connectivity index (χ1n) is 9.15. The fraction of sp³-hybridized carbons (Fsp3) is 0.250. The van der Waals surface area contributed by atoms with Gasteiger partial charge in [0.05, 0.1) is 12.2 Å². The maximum atomic E-state index is 12.0. The molecule has 8 heteroatoms. The molecule has 1 aliphatic heterocycles. The number of rotatable bonds is 4. The number of fused-ring (bicyclic) bond motifs is 1. The Morgan fingerprint density at radius 2 is 2.11 bits per heavy atom. The van der Waals surface area contributed by atoms with Crippen molar-refractivity contribution in [1.82, 2.24) is 25.1 Å². The minimum absolute atomic E-state index is 0.103. The van der Waals surface area contributed by atoms with Gasteiger partial charge < -0.3 is 10.6 Å². The summed E-state index contributed by atoms with van der Waals surface area (Å²) in [6.07, 6.45) is 2.45. The minimum atomic E-state index is -0.125. The lowest BCUT2D eigenvalue weighted by molar-refractivity contribution is -0.114. The number of hydrogen-bond acceptors (Lipinski definition) is 5. The highest BCUT2D eigenvalue weighted by atomic mass is 16.2. The van der Waals surface area contributed by atoms with Crippen molar-refractivity contribution in [3.05, 3.63) is 47.8 Å². The van der Waals surface area contributed by atoms with E-state index in [1.165, 1.54) is 6.92 Å². The smallest absolute Gasteiger partial charge is 0.269 e. The largest absolute Gasteiger partial charge is 0.349 e. The van der Waals surface area contributed by atoms with Gasteiger partial charge >= 0.3 is 0 Å². The van der Waals surface area contributed by atoms with Crippen LogP contribution in [0.15, 0.2) is 36.5 Å². The van der Waals surface area contributed by atoms with Gasteiger partial charge in [-0.05, 0) is 42.3 Å². The Morgan fingerprint density at radius 3 is 2.86 bits per heavy atom. The molecule has 8 nitrogen and oxygen atoms in total. The minimum Gasteiger partial charge on any atom is -0.349 e. The molecule has 0 atom stereocenters. The number of hydrogen-bond donors (Lipinski definition) is 2. The van der Waals surface area contributed by atoms with Crippen molar-refractivity contribution >= 4 is 17.5 Å². The van der Waals surface area contributed by atoms with Gasteiger partial charge in [-0.1, -0.05) is 6.92 Å². The van der Waals surface area contributed by atoms with Gasteiger partial charge in [-0.3, -0.25) is 14.3 Å². The number of benzene rings is 1. The standard InChI is InChI=1S/C20H20N6O2/c1-3-13-10-14(4-5-15(13)23-12(2)27)19-21-7-6-16(24-19)17-11-18-20(28)22-8-9-26(18)25-17/h4-7,10-11H,3,8-9H2,1-2H3,(H,22,28)(H,23,27). The van der Waals surface area contributed by atoms with Gasteiger partial charge in [0.2, 0.25) is 5.91 Å². The summed E-state index contributed by atoms with van der Waals surface area (Å²) in [6, 6.07) is 9.26. The highest BCUT2D eigenvalue weighted by molar-refractivity contribution is 5.94. The monoisotopic (exact) mass is 376 g/mol. The van der Waals surface area contributed by atoms with E-state index in [-0.39, 0.29) is 11.8 Å². The number of anilines is 1. The van der Waals surface area contributed by atoms with Gasteiger partial charge in [0.25, 0.3) is 5.91 Å². The summed E-state index contributed by atoms with van der Waals surface area (Å²) in [5, 5.41) is 10.2. The van der Waals surface area contributed by atoms with E-state index < -0.39 is 0 Å². The Bertz CT molecular complexity index is 1070. The number of nitrogens with zero attached hydrogens (tertiary/aromatic N) is 4. The highest BCUT2D eigenvalue weighted by Gasteiger charge is 2.20. The van der Waals surface area contributed by atoms with Gasteiger partial charge in [0.15, 0.2) is 5.82 Å². The topological polar surface area (TPSA) is 102 Å². The van der Waals surface area contributed by atoms with Crippen LogP contribution in [0.2, 0.25) is 0 Å². The van der Waals surface area contributed by atoms with Gasteiger partial charge in [-0.25, -0.2) is 9.97 Å². The lowest BCUT2D eigenvalue weighted by atomic mass is 10.1. The molecular formula is C20H20N6O2. The number of amides is 2. The molecule has 0 fully saturated rings. The average Bonchev–Trinajstić information content (AvgIpc) is 3.14. The third-order valence-corrected chi connectivity index (χ3v) is 4.59. The zero-order chi connectivity index (χ0) is 19.7. The van der Waals surface area contributed by atoms with Crippen molar-refractivity contribution in [1.29, 1.82) is 0 Å². The number of carbonyl (C=O) groups is 2. The molecule has 0 saturated carbocycles. The predicted octanol–water partition coefficient (Wildman–Crippen LogP) is 2.27. The van der Waals surface area contributed by atoms with Gasteiger partial charge in [-0.2, -0.15) is 5.10 Å². The summed E-state index contributed by atoms with van der Waals surface area (Å²) in [5.41, 5.74) is 4.49. The van der Waals surface area contributed by atoms with Crippen LogP contribution in [-0.2, 0) is 17.8 Å². The van der Waals surface area contributed by atoms with Crippen LogP contribution in [0.1, 0.15) is 29.9 Å². The van der Waals surface area contributed by atoms with Crippen LogP contribution in [-0.4, -0.2) is 38.1 Å². The van der Waals surface area contributed by atoms with E-state index in [0.717, 1.165) is 23.2 Å². The third-order valence-electron chi connectivity index (χ3n) is 4.59. The maximum absolute atomic E-state index is 12.0. The Kier molecular flexibility index (Phi) is 4.60. The molecule has 3 heterocycles. The summed E-state index contributed by atoms with van der Waals surface area (Å²) in [4.78, 5) is 32.4. The molecule has 142 valence electrons. The molecule has 0 saturated heterocycles. The predicted molar refractivity (Wildman–Crippen MR) is 105 cm³/mol. The van der Waals surface area contributed by atoms with E-state index in [2.05, 4.69) is 25.7 Å². The molecule has 0 unspecified atom stereocenters. The summed E-state index contributed by atoms with van der Waals surface area (Å²) in [7, 11) is 0. The number of aromatic nitrogens is 4. The molecular weight excluding hydrogens is 356 g/mol. The maximum Gasteiger partial charge on any atom is 0.269 e. The second-order valence-corrected chi connectivity index (χ2v) is 6.57. The lowest BCUT2D eigenvalue weighted by Gasteiger charge is -2.13. The van der Waals surface area contributed by atoms with E-state index in [1.54, 1.807) is 23.0 Å². The average molecular weight is 376 g/mol. The van der Waals surface area contributed by atoms with E-state index in [9.17, 15) is 9.59 Å². The molecule has 1 aliphatic rings. The van der Waals surface area contributed by atoms with E-state index >= 15 is 0 Å². The molecule has 2 amide bonds. The third kappa shape index (κ3) is 3.36. The normalized spacial score (nSPS) is 13.0. The Hall–Kier alpha value is -3.55. The fourth-order valence-corrected chi connectivity index (χ4v) is 3.24. The molecule has 2 aromatic heterocycles. The molecule has 0 aliphatic carbocycles. The Labute approximate surface area is 162 Å². The summed E-state index contributed by atoms with van der Waals surface area (Å²) in [6.45, 7) is 4.74. The molecule has 0 spiro atoms.